The Morgan fingerprint density at radius 2 is 2.11 bits per heavy atom. The van der Waals surface area contributed by atoms with Gasteiger partial charge in [-0.1, -0.05) is 11.6 Å². The van der Waals surface area contributed by atoms with E-state index in [1.54, 1.807) is 0 Å². The molecule has 0 spiro atoms. The highest BCUT2D eigenvalue weighted by molar-refractivity contribution is 6.30. The Hall–Kier alpha value is -2.34. The molecule has 0 aliphatic heterocycles. The highest BCUT2D eigenvalue weighted by atomic mass is 35.5. The number of carboxylic acids is 1. The highest BCUT2D eigenvalue weighted by Crippen LogP contribution is 2.30. The van der Waals surface area contributed by atoms with Crippen molar-refractivity contribution in [2.75, 3.05) is 5.73 Å². The lowest BCUT2D eigenvalue weighted by atomic mass is 10.2. The molecule has 0 saturated heterocycles. The van der Waals surface area contributed by atoms with Crippen molar-refractivity contribution in [3.63, 3.8) is 0 Å². The van der Waals surface area contributed by atoms with Crippen LogP contribution in [0, 0.1) is 5.82 Å². The Labute approximate surface area is 112 Å². The molecule has 1 aromatic heterocycles. The van der Waals surface area contributed by atoms with Gasteiger partial charge >= 0.3 is 5.97 Å². The minimum absolute atomic E-state index is 0.00113. The van der Waals surface area contributed by atoms with E-state index in [0.717, 1.165) is 12.1 Å². The zero-order valence-corrected chi connectivity index (χ0v) is 10.2. The number of ether oxygens (including phenoxy) is 1. The number of hydrogen-bond donors (Lipinski definition) is 2. The number of nitrogens with zero attached hydrogens (tertiary/aromatic N) is 1. The third-order valence-corrected chi connectivity index (χ3v) is 2.44. The second-order valence-electron chi connectivity index (χ2n) is 3.62. The number of aromatic nitrogens is 1. The largest absolute Gasteiger partial charge is 0.478 e. The molecule has 0 bridgehead atoms. The molecule has 0 aliphatic rings. The molecule has 0 fully saturated rings. The van der Waals surface area contributed by atoms with Crippen molar-refractivity contribution < 1.29 is 19.0 Å². The van der Waals surface area contributed by atoms with E-state index < -0.39 is 17.3 Å². The lowest BCUT2D eigenvalue weighted by molar-refractivity contribution is 0.0692. The first kappa shape index (κ1) is 13.1. The third kappa shape index (κ3) is 2.92. The number of halogens is 2. The predicted molar refractivity (Wildman–Crippen MR) is 67.1 cm³/mol. The van der Waals surface area contributed by atoms with Gasteiger partial charge in [-0.05, 0) is 6.07 Å². The number of pyridine rings is 1. The minimum Gasteiger partial charge on any atom is -0.478 e. The fourth-order valence-electron chi connectivity index (χ4n) is 1.40. The summed E-state index contributed by atoms with van der Waals surface area (Å²) in [5.74, 6) is -2.08. The Morgan fingerprint density at radius 1 is 1.37 bits per heavy atom. The monoisotopic (exact) mass is 282 g/mol. The molecule has 98 valence electrons. The van der Waals surface area contributed by atoms with Gasteiger partial charge < -0.3 is 15.6 Å². The predicted octanol–water partition coefficient (Wildman–Crippen LogP) is 2.95. The summed E-state index contributed by atoms with van der Waals surface area (Å²) in [6.07, 6.45) is 2.78. The fraction of sp³-hybridized carbons (Fsp3) is 0. The van der Waals surface area contributed by atoms with Crippen molar-refractivity contribution in [2.45, 2.75) is 0 Å². The molecule has 2 aromatic rings. The quantitative estimate of drug-likeness (QED) is 0.845. The number of hydrogen-bond acceptors (Lipinski definition) is 4. The van der Waals surface area contributed by atoms with Gasteiger partial charge in [0.2, 0.25) is 0 Å². The second kappa shape index (κ2) is 5.11. The first-order valence-corrected chi connectivity index (χ1v) is 5.46. The molecule has 0 aliphatic carbocycles. The molecule has 0 radical (unpaired) electrons. The lowest BCUT2D eigenvalue weighted by Crippen LogP contribution is -2.03. The first-order chi connectivity index (χ1) is 8.97. The average Bonchev–Trinajstić information content (AvgIpc) is 2.33. The van der Waals surface area contributed by atoms with E-state index in [0.29, 0.717) is 5.02 Å². The number of carbonyl (C=O) groups is 1. The Kier molecular flexibility index (Phi) is 3.52. The SMILES string of the molecule is Nc1cc(C(=O)O)c(F)cc1Oc1cncc(Cl)c1. The minimum atomic E-state index is -1.40. The van der Waals surface area contributed by atoms with E-state index in [1.807, 2.05) is 0 Å². The summed E-state index contributed by atoms with van der Waals surface area (Å²) in [5, 5.41) is 9.09. The molecule has 0 saturated carbocycles. The number of carboxylic acid groups (broad SMARTS) is 1. The maximum absolute atomic E-state index is 13.5. The van der Waals surface area contributed by atoms with Gasteiger partial charge in [0.1, 0.15) is 11.6 Å². The van der Waals surface area contributed by atoms with Crippen molar-refractivity contribution in [1.82, 2.24) is 4.98 Å². The highest BCUT2D eigenvalue weighted by Gasteiger charge is 2.15. The van der Waals surface area contributed by atoms with Gasteiger partial charge in [-0.2, -0.15) is 0 Å². The van der Waals surface area contributed by atoms with Crippen LogP contribution in [0.2, 0.25) is 5.02 Å². The molecule has 2 rings (SSSR count). The van der Waals surface area contributed by atoms with E-state index in [2.05, 4.69) is 4.98 Å². The van der Waals surface area contributed by atoms with E-state index in [4.69, 9.17) is 27.2 Å². The molecular weight excluding hydrogens is 275 g/mol. The van der Waals surface area contributed by atoms with Gasteiger partial charge in [0.25, 0.3) is 0 Å². The van der Waals surface area contributed by atoms with Crippen LogP contribution in [0.15, 0.2) is 30.6 Å². The van der Waals surface area contributed by atoms with Gasteiger partial charge in [-0.25, -0.2) is 9.18 Å². The van der Waals surface area contributed by atoms with E-state index >= 15 is 0 Å². The normalized spacial score (nSPS) is 10.2. The van der Waals surface area contributed by atoms with Gasteiger partial charge in [-0.3, -0.25) is 4.98 Å². The summed E-state index contributed by atoms with van der Waals surface area (Å²) in [5.41, 5.74) is 5.09. The molecule has 7 heteroatoms. The summed E-state index contributed by atoms with van der Waals surface area (Å²) >= 11 is 5.72. The maximum atomic E-state index is 13.5. The Morgan fingerprint density at radius 3 is 2.74 bits per heavy atom. The molecule has 0 amide bonds. The van der Waals surface area contributed by atoms with Gasteiger partial charge in [0.05, 0.1) is 22.5 Å². The topological polar surface area (TPSA) is 85.4 Å². The molecule has 5 nitrogen and oxygen atoms in total. The fourth-order valence-corrected chi connectivity index (χ4v) is 1.56. The summed E-state index contributed by atoms with van der Waals surface area (Å²) in [7, 11) is 0. The first-order valence-electron chi connectivity index (χ1n) is 5.08. The number of anilines is 1. The summed E-state index contributed by atoms with van der Waals surface area (Å²) in [6, 6.07) is 3.36. The number of rotatable bonds is 3. The average molecular weight is 283 g/mol. The molecule has 0 unspecified atom stereocenters. The number of aromatic carboxylic acids is 1. The maximum Gasteiger partial charge on any atom is 0.338 e. The second-order valence-corrected chi connectivity index (χ2v) is 4.05. The molecule has 19 heavy (non-hydrogen) atoms. The Bertz CT molecular complexity index is 649. The van der Waals surface area contributed by atoms with Crippen molar-refractivity contribution in [2.24, 2.45) is 0 Å². The van der Waals surface area contributed by atoms with Gasteiger partial charge in [-0.15, -0.1) is 0 Å². The molecule has 1 heterocycles. The van der Waals surface area contributed by atoms with Crippen LogP contribution < -0.4 is 10.5 Å². The van der Waals surface area contributed by atoms with Crippen LogP contribution in [-0.2, 0) is 0 Å². The summed E-state index contributed by atoms with van der Waals surface area (Å²) in [4.78, 5) is 14.5. The van der Waals surface area contributed by atoms with Gasteiger partial charge in [0, 0.05) is 18.3 Å². The zero-order valence-electron chi connectivity index (χ0n) is 9.43. The van der Waals surface area contributed by atoms with Crippen LogP contribution in [-0.4, -0.2) is 16.1 Å². The summed E-state index contributed by atoms with van der Waals surface area (Å²) < 4.78 is 18.8. The molecular formula is C12H8ClFN2O3. The number of nitrogen functional groups attached to an aromatic ring is 1. The van der Waals surface area contributed by atoms with E-state index in [-0.39, 0.29) is 17.2 Å². The van der Waals surface area contributed by atoms with Crippen LogP contribution >= 0.6 is 11.6 Å². The molecule has 3 N–H and O–H groups in total. The molecule has 1 aromatic carbocycles. The van der Waals surface area contributed by atoms with Crippen LogP contribution in [0.3, 0.4) is 0 Å². The summed E-state index contributed by atoms with van der Waals surface area (Å²) in [6.45, 7) is 0. The standard InChI is InChI=1S/C12H8ClFN2O3/c13-6-1-7(5-16-4-6)19-11-3-9(14)8(12(17)18)2-10(11)15/h1-5H,15H2,(H,17,18). The zero-order chi connectivity index (χ0) is 14.0. The van der Waals surface area contributed by atoms with Crippen LogP contribution in [0.4, 0.5) is 10.1 Å². The van der Waals surface area contributed by atoms with Crippen molar-refractivity contribution in [1.29, 1.82) is 0 Å². The number of benzene rings is 1. The van der Waals surface area contributed by atoms with Gasteiger partial charge in [0.15, 0.2) is 5.75 Å². The lowest BCUT2D eigenvalue weighted by Gasteiger charge is -2.09. The van der Waals surface area contributed by atoms with Crippen LogP contribution in [0.25, 0.3) is 0 Å². The van der Waals surface area contributed by atoms with Crippen molar-refractivity contribution in [3.05, 3.63) is 47.0 Å². The molecule has 0 atom stereocenters. The van der Waals surface area contributed by atoms with Crippen LogP contribution in [0.1, 0.15) is 10.4 Å². The number of nitrogens with two attached hydrogens (primary N) is 1. The third-order valence-electron chi connectivity index (χ3n) is 2.24. The van der Waals surface area contributed by atoms with Crippen molar-refractivity contribution >= 4 is 23.3 Å². The smallest absolute Gasteiger partial charge is 0.338 e. The van der Waals surface area contributed by atoms with Crippen LogP contribution in [0.5, 0.6) is 11.5 Å². The Balaban J connectivity index is 2.36. The van der Waals surface area contributed by atoms with E-state index in [1.165, 1.54) is 18.5 Å². The van der Waals surface area contributed by atoms with Crippen molar-refractivity contribution in [3.8, 4) is 11.5 Å². The van der Waals surface area contributed by atoms with E-state index in [9.17, 15) is 9.18 Å².